The molecule has 1 amide bonds. The highest BCUT2D eigenvalue weighted by Crippen LogP contribution is 2.27. The lowest BCUT2D eigenvalue weighted by molar-refractivity contribution is -0.385. The van der Waals surface area contributed by atoms with Crippen LogP contribution in [-0.4, -0.2) is 44.4 Å². The third kappa shape index (κ3) is 4.88. The first-order valence-corrected chi connectivity index (χ1v) is 10.9. The van der Waals surface area contributed by atoms with Crippen molar-refractivity contribution in [3.05, 3.63) is 58.0 Å². The van der Waals surface area contributed by atoms with Gasteiger partial charge in [0.25, 0.3) is 5.69 Å². The zero-order chi connectivity index (χ0) is 21.8. The summed E-state index contributed by atoms with van der Waals surface area (Å²) in [5.74, 6) is 1.36. The van der Waals surface area contributed by atoms with Gasteiger partial charge >= 0.3 is 0 Å². The van der Waals surface area contributed by atoms with Crippen LogP contribution in [0.15, 0.2) is 46.2 Å². The maximum absolute atomic E-state index is 12.5. The van der Waals surface area contributed by atoms with Crippen LogP contribution in [0.3, 0.4) is 0 Å². The van der Waals surface area contributed by atoms with E-state index >= 15 is 0 Å². The van der Waals surface area contributed by atoms with Crippen LogP contribution in [0.4, 0.5) is 17.3 Å². The molecule has 3 heterocycles. The zero-order valence-corrected chi connectivity index (χ0v) is 17.8. The van der Waals surface area contributed by atoms with Gasteiger partial charge in [-0.1, -0.05) is 17.8 Å². The first-order chi connectivity index (χ1) is 15.0. The molecule has 31 heavy (non-hydrogen) atoms. The number of aromatic nitrogens is 3. The Morgan fingerprint density at radius 3 is 2.81 bits per heavy atom. The molecule has 2 aromatic heterocycles. The largest absolute Gasteiger partial charge is 0.467 e. The number of aryl methyl sites for hydroxylation is 1. The summed E-state index contributed by atoms with van der Waals surface area (Å²) in [7, 11) is 0. The number of nitro groups is 1. The van der Waals surface area contributed by atoms with Gasteiger partial charge in [0.2, 0.25) is 11.9 Å². The first-order valence-electron chi connectivity index (χ1n) is 9.89. The second kappa shape index (κ2) is 9.21. The Balaban J connectivity index is 1.46. The Bertz CT molecular complexity index is 1080. The Labute approximate surface area is 182 Å². The van der Waals surface area contributed by atoms with Crippen molar-refractivity contribution in [2.75, 3.05) is 29.1 Å². The van der Waals surface area contributed by atoms with Crippen molar-refractivity contribution in [2.24, 2.45) is 0 Å². The average molecular weight is 443 g/mol. The molecule has 10 nitrogen and oxygen atoms in total. The van der Waals surface area contributed by atoms with Crippen LogP contribution >= 0.6 is 11.8 Å². The predicted octanol–water partition coefficient (Wildman–Crippen LogP) is 3.47. The smallest absolute Gasteiger partial charge is 0.274 e. The lowest BCUT2D eigenvalue weighted by Crippen LogP contribution is -2.22. The molecule has 4 rings (SSSR count). The highest BCUT2D eigenvalue weighted by molar-refractivity contribution is 7.99. The van der Waals surface area contributed by atoms with Crippen molar-refractivity contribution < 1.29 is 14.1 Å². The fraction of sp³-hybridized carbons (Fsp3) is 0.350. The van der Waals surface area contributed by atoms with Gasteiger partial charge in [-0.2, -0.15) is 0 Å². The fourth-order valence-electron chi connectivity index (χ4n) is 3.45. The lowest BCUT2D eigenvalue weighted by atomic mass is 10.2. The predicted molar refractivity (Wildman–Crippen MR) is 116 cm³/mol. The number of benzene rings is 1. The van der Waals surface area contributed by atoms with E-state index < -0.39 is 4.92 Å². The van der Waals surface area contributed by atoms with Crippen molar-refractivity contribution in [3.8, 4) is 0 Å². The minimum Gasteiger partial charge on any atom is -0.467 e. The van der Waals surface area contributed by atoms with Gasteiger partial charge < -0.3 is 14.6 Å². The third-order valence-corrected chi connectivity index (χ3v) is 5.97. The van der Waals surface area contributed by atoms with Gasteiger partial charge in [-0.05, 0) is 38.0 Å². The van der Waals surface area contributed by atoms with Crippen molar-refractivity contribution in [1.82, 2.24) is 14.8 Å². The van der Waals surface area contributed by atoms with Crippen molar-refractivity contribution in [3.63, 3.8) is 0 Å². The quantitative estimate of drug-likeness (QED) is 0.320. The molecular formula is C20H22N6O4S. The SMILES string of the molecule is Cc1ccc(NC(=O)CSc2nnc(N3CCCC3)n2Cc2ccco2)cc1[N+](=O)[O-]. The summed E-state index contributed by atoms with van der Waals surface area (Å²) in [4.78, 5) is 25.3. The van der Waals surface area contributed by atoms with Crippen molar-refractivity contribution in [2.45, 2.75) is 31.5 Å². The summed E-state index contributed by atoms with van der Waals surface area (Å²) in [5.41, 5.74) is 0.898. The van der Waals surface area contributed by atoms with Gasteiger partial charge in [-0.3, -0.25) is 19.5 Å². The number of nitro benzene ring substituents is 1. The second-order valence-corrected chi connectivity index (χ2v) is 8.18. The van der Waals surface area contributed by atoms with Gasteiger partial charge in [0.1, 0.15) is 5.76 Å². The summed E-state index contributed by atoms with van der Waals surface area (Å²) in [6.45, 7) is 3.98. The number of thioether (sulfide) groups is 1. The number of amides is 1. The van der Waals surface area contributed by atoms with Gasteiger partial charge in [0.15, 0.2) is 5.16 Å². The van der Waals surface area contributed by atoms with Gasteiger partial charge in [-0.25, -0.2) is 0 Å². The number of nitrogens with zero attached hydrogens (tertiary/aromatic N) is 5. The minimum absolute atomic E-state index is 0.0288. The Morgan fingerprint density at radius 1 is 1.29 bits per heavy atom. The molecule has 0 aliphatic carbocycles. The maximum Gasteiger partial charge on any atom is 0.274 e. The molecule has 0 radical (unpaired) electrons. The van der Waals surface area contributed by atoms with Crippen LogP contribution in [-0.2, 0) is 11.3 Å². The Hall–Kier alpha value is -3.34. The van der Waals surface area contributed by atoms with Crippen LogP contribution in [0.25, 0.3) is 0 Å². The molecule has 0 unspecified atom stereocenters. The standard InChI is InChI=1S/C20H22N6O4S/c1-14-6-7-15(11-17(14)26(28)29)21-18(27)13-31-20-23-22-19(24-8-2-3-9-24)25(20)12-16-5-4-10-30-16/h4-7,10-11H,2-3,8-9,12-13H2,1H3,(H,21,27). The molecule has 1 fully saturated rings. The molecule has 1 aromatic carbocycles. The highest BCUT2D eigenvalue weighted by atomic mass is 32.2. The molecule has 162 valence electrons. The van der Waals surface area contributed by atoms with E-state index in [0.29, 0.717) is 23.0 Å². The maximum atomic E-state index is 12.5. The summed E-state index contributed by atoms with van der Waals surface area (Å²) < 4.78 is 7.44. The van der Waals surface area contributed by atoms with Gasteiger partial charge in [0.05, 0.1) is 23.5 Å². The number of hydrogen-bond donors (Lipinski definition) is 1. The molecule has 1 aliphatic rings. The fourth-order valence-corrected chi connectivity index (χ4v) is 4.18. The summed E-state index contributed by atoms with van der Waals surface area (Å²) in [5, 5.41) is 23.1. The topological polar surface area (TPSA) is 119 Å². The van der Waals surface area contributed by atoms with E-state index in [1.54, 1.807) is 25.3 Å². The molecule has 0 bridgehead atoms. The van der Waals surface area contributed by atoms with E-state index in [2.05, 4.69) is 20.4 Å². The molecule has 1 aliphatic heterocycles. The van der Waals surface area contributed by atoms with Crippen LogP contribution < -0.4 is 10.2 Å². The molecule has 11 heteroatoms. The summed E-state index contributed by atoms with van der Waals surface area (Å²) >= 11 is 1.26. The third-order valence-electron chi connectivity index (χ3n) is 5.00. The van der Waals surface area contributed by atoms with Gasteiger partial charge in [0, 0.05) is 30.4 Å². The average Bonchev–Trinajstić information content (AvgIpc) is 3.50. The number of furan rings is 1. The normalized spacial score (nSPS) is 13.5. The van der Waals surface area contributed by atoms with E-state index in [9.17, 15) is 14.9 Å². The van der Waals surface area contributed by atoms with Crippen LogP contribution in [0.2, 0.25) is 0 Å². The van der Waals surface area contributed by atoms with Gasteiger partial charge in [-0.15, -0.1) is 10.2 Å². The number of carbonyl (C=O) groups excluding carboxylic acids is 1. The van der Waals surface area contributed by atoms with E-state index in [1.807, 2.05) is 16.7 Å². The zero-order valence-electron chi connectivity index (χ0n) is 17.0. The Morgan fingerprint density at radius 2 is 2.10 bits per heavy atom. The highest BCUT2D eigenvalue weighted by Gasteiger charge is 2.22. The van der Waals surface area contributed by atoms with Crippen LogP contribution in [0.5, 0.6) is 0 Å². The molecule has 1 N–H and O–H groups in total. The van der Waals surface area contributed by atoms with Crippen molar-refractivity contribution >= 4 is 35.0 Å². The first kappa shape index (κ1) is 20.9. The van der Waals surface area contributed by atoms with Crippen molar-refractivity contribution in [1.29, 1.82) is 0 Å². The second-order valence-electron chi connectivity index (χ2n) is 7.24. The number of carbonyl (C=O) groups is 1. The van der Waals surface area contributed by atoms with E-state index in [-0.39, 0.29) is 17.3 Å². The monoisotopic (exact) mass is 442 g/mol. The summed E-state index contributed by atoms with van der Waals surface area (Å²) in [6, 6.07) is 8.34. The molecular weight excluding hydrogens is 420 g/mol. The molecule has 1 saturated heterocycles. The lowest BCUT2D eigenvalue weighted by Gasteiger charge is -2.17. The summed E-state index contributed by atoms with van der Waals surface area (Å²) in [6.07, 6.45) is 3.85. The van der Waals surface area contributed by atoms with Crippen LogP contribution in [0.1, 0.15) is 24.2 Å². The van der Waals surface area contributed by atoms with E-state index in [4.69, 9.17) is 4.42 Å². The van der Waals surface area contributed by atoms with E-state index in [0.717, 1.165) is 37.6 Å². The minimum atomic E-state index is -0.462. The molecule has 3 aromatic rings. The molecule has 0 saturated carbocycles. The number of rotatable bonds is 8. The number of anilines is 2. The van der Waals surface area contributed by atoms with Crippen LogP contribution in [0, 0.1) is 17.0 Å². The van der Waals surface area contributed by atoms with E-state index in [1.165, 1.54) is 17.8 Å². The molecule has 0 spiro atoms. The molecule has 0 atom stereocenters. The Kier molecular flexibility index (Phi) is 6.21. The number of hydrogen-bond acceptors (Lipinski definition) is 8. The number of nitrogens with one attached hydrogen (secondary N) is 1.